The van der Waals surface area contributed by atoms with E-state index in [1.807, 2.05) is 13.0 Å². The number of anilines is 1. The number of esters is 1. The molecule has 2 aliphatic rings. The number of aromatic nitrogens is 6. The molecule has 2 saturated heterocycles. The lowest BCUT2D eigenvalue weighted by Gasteiger charge is -2.40. The van der Waals surface area contributed by atoms with Crippen molar-refractivity contribution in [3.8, 4) is 0 Å². The number of rotatable bonds is 8. The molecule has 0 bridgehead atoms. The number of hydrogen-bond acceptors (Lipinski definition) is 12. The van der Waals surface area contributed by atoms with E-state index in [1.54, 1.807) is 18.6 Å². The lowest BCUT2D eigenvalue weighted by Crippen LogP contribution is -2.61. The van der Waals surface area contributed by atoms with Gasteiger partial charge in [-0.2, -0.15) is 13.2 Å². The zero-order valence-corrected chi connectivity index (χ0v) is 25.0. The molecule has 0 aliphatic carbocycles. The van der Waals surface area contributed by atoms with Crippen LogP contribution in [0.4, 0.5) is 19.0 Å². The first-order chi connectivity index (χ1) is 21.4. The van der Waals surface area contributed by atoms with Crippen molar-refractivity contribution in [2.24, 2.45) is 0 Å². The maximum atomic E-state index is 12.4. The van der Waals surface area contributed by atoms with Crippen LogP contribution in [-0.4, -0.2) is 97.4 Å². The SMILES string of the molecule is CCc1[nH]c2nc(Sc3cnc4nccnc4c3)nc(N3CC(NC(=O)CNC4CCOC4=O)C3)c2c1Cl.O=C(O)C(F)(F)F. The highest BCUT2D eigenvalue weighted by Crippen LogP contribution is 2.38. The van der Waals surface area contributed by atoms with Gasteiger partial charge in [0.1, 0.15) is 23.0 Å². The van der Waals surface area contributed by atoms with Gasteiger partial charge in [0.05, 0.1) is 29.6 Å². The summed E-state index contributed by atoms with van der Waals surface area (Å²) in [6.45, 7) is 3.61. The molecule has 2 aliphatic heterocycles. The fraction of sp³-hybridized carbons (Fsp3) is 0.385. The minimum absolute atomic E-state index is 0.0485. The van der Waals surface area contributed by atoms with Gasteiger partial charge in [0.15, 0.2) is 10.8 Å². The van der Waals surface area contributed by atoms with E-state index in [9.17, 15) is 22.8 Å². The van der Waals surface area contributed by atoms with Crippen molar-refractivity contribution in [3.63, 3.8) is 0 Å². The number of cyclic esters (lactones) is 1. The summed E-state index contributed by atoms with van der Waals surface area (Å²) in [7, 11) is 0. The Morgan fingerprint density at radius 3 is 2.62 bits per heavy atom. The number of alkyl halides is 3. The van der Waals surface area contributed by atoms with Crippen LogP contribution in [0.3, 0.4) is 0 Å². The van der Waals surface area contributed by atoms with Gasteiger partial charge in [-0.05, 0) is 24.2 Å². The zero-order valence-electron chi connectivity index (χ0n) is 23.4. The van der Waals surface area contributed by atoms with E-state index in [-0.39, 0.29) is 24.5 Å². The Kier molecular flexibility index (Phi) is 9.54. The summed E-state index contributed by atoms with van der Waals surface area (Å²) < 4.78 is 36.7. The number of carbonyl (C=O) groups is 3. The van der Waals surface area contributed by atoms with Gasteiger partial charge in [0.2, 0.25) is 5.91 Å². The number of hydrogen-bond donors (Lipinski definition) is 4. The molecule has 19 heteroatoms. The summed E-state index contributed by atoms with van der Waals surface area (Å²) in [5, 5.41) is 15.0. The number of pyridine rings is 1. The number of amides is 1. The van der Waals surface area contributed by atoms with E-state index in [4.69, 9.17) is 36.2 Å². The van der Waals surface area contributed by atoms with Gasteiger partial charge in [0, 0.05) is 48.7 Å². The Morgan fingerprint density at radius 1 is 1.22 bits per heavy atom. The Morgan fingerprint density at radius 2 is 1.96 bits per heavy atom. The van der Waals surface area contributed by atoms with Crippen molar-refractivity contribution in [1.29, 1.82) is 0 Å². The number of fused-ring (bicyclic) bond motifs is 2. The predicted molar refractivity (Wildman–Crippen MR) is 155 cm³/mol. The molecule has 14 nitrogen and oxygen atoms in total. The number of H-pyrrole nitrogens is 1. The van der Waals surface area contributed by atoms with Gasteiger partial charge >= 0.3 is 18.1 Å². The van der Waals surface area contributed by atoms with Gasteiger partial charge in [-0.1, -0.05) is 18.5 Å². The number of aryl methyl sites for hydroxylation is 1. The number of carbonyl (C=O) groups excluding carboxylic acids is 2. The molecule has 6 heterocycles. The largest absolute Gasteiger partial charge is 0.490 e. The summed E-state index contributed by atoms with van der Waals surface area (Å²) >= 11 is 8.09. The normalized spacial score (nSPS) is 16.7. The molecule has 45 heavy (non-hydrogen) atoms. The van der Waals surface area contributed by atoms with Crippen molar-refractivity contribution in [1.82, 2.24) is 40.5 Å². The monoisotopic (exact) mass is 667 g/mol. The minimum Gasteiger partial charge on any atom is -0.475 e. The van der Waals surface area contributed by atoms with Crippen LogP contribution < -0.4 is 15.5 Å². The molecule has 238 valence electrons. The van der Waals surface area contributed by atoms with E-state index in [0.717, 1.165) is 22.4 Å². The van der Waals surface area contributed by atoms with E-state index in [2.05, 4.69) is 35.5 Å². The highest BCUT2D eigenvalue weighted by Gasteiger charge is 2.38. The van der Waals surface area contributed by atoms with Crippen molar-refractivity contribution in [3.05, 3.63) is 35.4 Å². The third-order valence-corrected chi connectivity index (χ3v) is 7.96. The highest BCUT2D eigenvalue weighted by atomic mass is 35.5. The topological polar surface area (TPSA) is 188 Å². The number of aromatic amines is 1. The first kappa shape index (κ1) is 32.1. The first-order valence-electron chi connectivity index (χ1n) is 13.5. The molecule has 2 fully saturated rings. The van der Waals surface area contributed by atoms with Crippen LogP contribution in [0.5, 0.6) is 0 Å². The van der Waals surface area contributed by atoms with Crippen LogP contribution in [0, 0.1) is 0 Å². The van der Waals surface area contributed by atoms with E-state index < -0.39 is 18.2 Å². The van der Waals surface area contributed by atoms with Crippen LogP contribution in [0.25, 0.3) is 22.2 Å². The third kappa shape index (κ3) is 7.51. The van der Waals surface area contributed by atoms with E-state index >= 15 is 0 Å². The predicted octanol–water partition coefficient (Wildman–Crippen LogP) is 2.51. The molecule has 1 amide bonds. The van der Waals surface area contributed by atoms with Crippen molar-refractivity contribution in [2.45, 2.75) is 48.1 Å². The second-order valence-corrected chi connectivity index (χ2v) is 11.3. The number of aliphatic carboxylic acids is 1. The summed E-state index contributed by atoms with van der Waals surface area (Å²) in [5.41, 5.74) is 2.82. The van der Waals surface area contributed by atoms with Crippen LogP contribution in [-0.2, 0) is 25.5 Å². The fourth-order valence-electron chi connectivity index (χ4n) is 4.51. The zero-order chi connectivity index (χ0) is 32.3. The standard InChI is InChI=1S/C24H24ClN9O3S.C2HF3O2/c1-2-14-19(25)18-21(31-14)32-24(38-13-7-16-20(29-8-13)27-5-4-26-16)33-22(18)34-10-12(11-34)30-17(35)9-28-15-3-6-37-23(15)36;3-2(4,5)1(6)7/h4-5,7-8,12,15,28H,2-3,6,9-11H2,1H3,(H,30,35)(H,31,32,33);(H,6,7). The number of carboxylic acid groups (broad SMARTS) is 1. The molecule has 0 aromatic carbocycles. The third-order valence-electron chi connectivity index (χ3n) is 6.72. The minimum atomic E-state index is -5.08. The number of carboxylic acids is 1. The number of halogens is 4. The molecular formula is C26H25ClF3N9O5S. The lowest BCUT2D eigenvalue weighted by molar-refractivity contribution is -0.192. The second kappa shape index (κ2) is 13.4. The summed E-state index contributed by atoms with van der Waals surface area (Å²) in [5.74, 6) is -2.52. The molecule has 1 atom stereocenters. The Bertz CT molecular complexity index is 1750. The van der Waals surface area contributed by atoms with Gasteiger partial charge in [-0.15, -0.1) is 0 Å². The fourth-order valence-corrected chi connectivity index (χ4v) is 5.62. The molecule has 1 unspecified atom stereocenters. The average Bonchev–Trinajstić information content (AvgIpc) is 3.54. The number of nitrogens with one attached hydrogen (secondary N) is 3. The van der Waals surface area contributed by atoms with Gasteiger partial charge in [-0.25, -0.2) is 24.7 Å². The summed E-state index contributed by atoms with van der Waals surface area (Å²) in [6.07, 6.45) is 1.18. The van der Waals surface area contributed by atoms with Gasteiger partial charge in [0.25, 0.3) is 0 Å². The second-order valence-electron chi connectivity index (χ2n) is 9.86. The first-order valence-corrected chi connectivity index (χ1v) is 14.7. The highest BCUT2D eigenvalue weighted by molar-refractivity contribution is 7.99. The number of nitrogens with zero attached hydrogens (tertiary/aromatic N) is 6. The Labute approximate surface area is 261 Å². The molecule has 4 aromatic rings. The van der Waals surface area contributed by atoms with Crippen LogP contribution in [0.2, 0.25) is 5.02 Å². The van der Waals surface area contributed by atoms with Crippen molar-refractivity contribution in [2.75, 3.05) is 31.1 Å². The molecular weight excluding hydrogens is 643 g/mol. The lowest BCUT2D eigenvalue weighted by atomic mass is 10.1. The molecule has 4 N–H and O–H groups in total. The quantitative estimate of drug-likeness (QED) is 0.159. The maximum absolute atomic E-state index is 12.4. The van der Waals surface area contributed by atoms with E-state index in [1.165, 1.54) is 11.8 Å². The van der Waals surface area contributed by atoms with Gasteiger partial charge < -0.3 is 25.0 Å². The Balaban J connectivity index is 0.000000515. The maximum Gasteiger partial charge on any atom is 0.490 e. The number of ether oxygens (including phenoxy) is 1. The van der Waals surface area contributed by atoms with Crippen molar-refractivity contribution < 1.29 is 37.4 Å². The van der Waals surface area contributed by atoms with Gasteiger partial charge in [-0.3, -0.25) is 19.9 Å². The van der Waals surface area contributed by atoms with Crippen LogP contribution >= 0.6 is 23.4 Å². The smallest absolute Gasteiger partial charge is 0.475 e. The summed E-state index contributed by atoms with van der Waals surface area (Å²) in [6, 6.07) is 1.44. The summed E-state index contributed by atoms with van der Waals surface area (Å²) in [4.78, 5) is 61.6. The molecule has 0 radical (unpaired) electrons. The van der Waals surface area contributed by atoms with Crippen molar-refractivity contribution >= 4 is 69.2 Å². The molecule has 6 rings (SSSR count). The molecule has 0 saturated carbocycles. The average molecular weight is 668 g/mol. The van der Waals surface area contributed by atoms with Crippen LogP contribution in [0.1, 0.15) is 19.0 Å². The molecule has 0 spiro atoms. The Hall–Kier alpha value is -4.29. The van der Waals surface area contributed by atoms with Crippen LogP contribution in [0.15, 0.2) is 34.7 Å². The molecule has 4 aromatic heterocycles. The van der Waals surface area contributed by atoms with E-state index in [0.29, 0.717) is 58.9 Å².